The molecule has 0 saturated carbocycles. The smallest absolute Gasteiger partial charge is 0.269 e. The highest BCUT2D eigenvalue weighted by Crippen LogP contribution is 2.12. The number of nitro benzene ring substituents is 1. The van der Waals surface area contributed by atoms with E-state index in [1.165, 1.54) is 17.0 Å². The van der Waals surface area contributed by atoms with E-state index >= 15 is 0 Å². The Morgan fingerprint density at radius 2 is 1.70 bits per heavy atom. The number of nitro groups is 1. The van der Waals surface area contributed by atoms with E-state index in [1.807, 2.05) is 18.2 Å². The Bertz CT molecular complexity index is 831. The van der Waals surface area contributed by atoms with Gasteiger partial charge in [0.1, 0.15) is 0 Å². The van der Waals surface area contributed by atoms with Gasteiger partial charge in [0.2, 0.25) is 0 Å². The van der Waals surface area contributed by atoms with Crippen LogP contribution < -0.4 is 10.6 Å². The van der Waals surface area contributed by atoms with E-state index in [2.05, 4.69) is 15.6 Å². The summed E-state index contributed by atoms with van der Waals surface area (Å²) in [5, 5.41) is 17.1. The Morgan fingerprint density at radius 1 is 1.07 bits per heavy atom. The minimum absolute atomic E-state index is 0.0380. The third kappa shape index (κ3) is 5.81. The Labute approximate surface area is 158 Å². The molecule has 0 aliphatic carbocycles. The molecule has 2 aromatic rings. The van der Waals surface area contributed by atoms with Gasteiger partial charge in [0.25, 0.3) is 11.6 Å². The maximum absolute atomic E-state index is 11.9. The summed E-state index contributed by atoms with van der Waals surface area (Å²) in [6, 6.07) is 13.8. The Kier molecular flexibility index (Phi) is 6.87. The van der Waals surface area contributed by atoms with E-state index in [0.717, 1.165) is 11.1 Å². The molecule has 0 bridgehead atoms. The second kappa shape index (κ2) is 9.33. The zero-order valence-electron chi connectivity index (χ0n) is 15.6. The normalized spacial score (nSPS) is 11.0. The largest absolute Gasteiger partial charge is 0.352 e. The van der Waals surface area contributed by atoms with Gasteiger partial charge in [-0.2, -0.15) is 0 Å². The molecule has 0 aliphatic rings. The molecule has 8 heteroatoms. The number of aliphatic imine (C=N–C) groups is 1. The Balaban J connectivity index is 1.89. The zero-order valence-corrected chi connectivity index (χ0v) is 15.6. The van der Waals surface area contributed by atoms with Crippen LogP contribution in [0.15, 0.2) is 53.5 Å². The van der Waals surface area contributed by atoms with Crippen molar-refractivity contribution < 1.29 is 9.72 Å². The van der Waals surface area contributed by atoms with E-state index in [0.29, 0.717) is 24.6 Å². The first-order valence-electron chi connectivity index (χ1n) is 8.39. The SMILES string of the molecule is CN=C(NCc1ccc(C(=O)N(C)C)cc1)NCc1cccc([N+](=O)[O-])c1. The van der Waals surface area contributed by atoms with Gasteiger partial charge < -0.3 is 15.5 Å². The van der Waals surface area contributed by atoms with E-state index in [-0.39, 0.29) is 11.6 Å². The lowest BCUT2D eigenvalue weighted by Crippen LogP contribution is -2.36. The quantitative estimate of drug-likeness (QED) is 0.352. The number of carbonyl (C=O) groups excluding carboxylic acids is 1. The molecule has 8 nitrogen and oxygen atoms in total. The summed E-state index contributed by atoms with van der Waals surface area (Å²) in [4.78, 5) is 28.0. The fraction of sp³-hybridized carbons (Fsp3) is 0.263. The number of hydrogen-bond acceptors (Lipinski definition) is 4. The molecule has 27 heavy (non-hydrogen) atoms. The average molecular weight is 369 g/mol. The van der Waals surface area contributed by atoms with E-state index < -0.39 is 4.92 Å². The van der Waals surface area contributed by atoms with Gasteiger partial charge in [-0.3, -0.25) is 19.9 Å². The van der Waals surface area contributed by atoms with E-state index in [4.69, 9.17) is 0 Å². The number of hydrogen-bond donors (Lipinski definition) is 2. The van der Waals surface area contributed by atoms with Crippen LogP contribution in [0.1, 0.15) is 21.5 Å². The van der Waals surface area contributed by atoms with Gasteiger partial charge in [-0.15, -0.1) is 0 Å². The lowest BCUT2D eigenvalue weighted by Gasteiger charge is -2.13. The van der Waals surface area contributed by atoms with Crippen molar-refractivity contribution in [3.05, 3.63) is 75.3 Å². The van der Waals surface area contributed by atoms with Crippen molar-refractivity contribution in [3.8, 4) is 0 Å². The van der Waals surface area contributed by atoms with Crippen LogP contribution in [0.2, 0.25) is 0 Å². The van der Waals surface area contributed by atoms with E-state index in [9.17, 15) is 14.9 Å². The molecule has 0 heterocycles. The van der Waals surface area contributed by atoms with Gasteiger partial charge in [0, 0.05) is 51.9 Å². The van der Waals surface area contributed by atoms with Crippen LogP contribution in [0.3, 0.4) is 0 Å². The van der Waals surface area contributed by atoms with Gasteiger partial charge in [-0.1, -0.05) is 24.3 Å². The number of carbonyl (C=O) groups is 1. The van der Waals surface area contributed by atoms with E-state index in [1.54, 1.807) is 39.3 Å². The number of amides is 1. The molecular weight excluding hydrogens is 346 g/mol. The van der Waals surface area contributed by atoms with Crippen molar-refractivity contribution in [2.75, 3.05) is 21.1 Å². The van der Waals surface area contributed by atoms with Crippen LogP contribution in [0.5, 0.6) is 0 Å². The monoisotopic (exact) mass is 369 g/mol. The van der Waals surface area contributed by atoms with Crippen molar-refractivity contribution in [2.24, 2.45) is 4.99 Å². The van der Waals surface area contributed by atoms with Gasteiger partial charge >= 0.3 is 0 Å². The summed E-state index contributed by atoms with van der Waals surface area (Å²) >= 11 is 0. The number of guanidine groups is 1. The second-order valence-corrected chi connectivity index (χ2v) is 6.10. The molecule has 0 fully saturated rings. The van der Waals surface area contributed by atoms with Crippen LogP contribution in [0.4, 0.5) is 5.69 Å². The first-order chi connectivity index (χ1) is 12.9. The van der Waals surface area contributed by atoms with Crippen LogP contribution in [0.25, 0.3) is 0 Å². The summed E-state index contributed by atoms with van der Waals surface area (Å²) in [5.41, 5.74) is 2.49. The standard InChI is InChI=1S/C19H23N5O3/c1-20-19(22-13-15-5-4-6-17(11-15)24(26)27)21-12-14-7-9-16(10-8-14)18(25)23(2)3/h4-11H,12-13H2,1-3H3,(H2,20,21,22). The van der Waals surface area contributed by atoms with Crippen LogP contribution >= 0.6 is 0 Å². The summed E-state index contributed by atoms with van der Waals surface area (Å²) in [6.45, 7) is 0.947. The number of nitrogens with zero attached hydrogens (tertiary/aromatic N) is 3. The number of benzene rings is 2. The van der Waals surface area contributed by atoms with Crippen LogP contribution in [-0.4, -0.2) is 42.8 Å². The zero-order chi connectivity index (χ0) is 19.8. The fourth-order valence-electron chi connectivity index (χ4n) is 2.40. The first-order valence-corrected chi connectivity index (χ1v) is 8.39. The van der Waals surface area contributed by atoms with Gasteiger partial charge in [0.15, 0.2) is 5.96 Å². The summed E-state index contributed by atoms with van der Waals surface area (Å²) in [7, 11) is 5.09. The third-order valence-corrected chi connectivity index (χ3v) is 3.87. The molecule has 1 amide bonds. The molecule has 0 aromatic heterocycles. The molecule has 0 spiro atoms. The molecule has 2 rings (SSSR count). The number of rotatable bonds is 6. The lowest BCUT2D eigenvalue weighted by molar-refractivity contribution is -0.384. The lowest BCUT2D eigenvalue weighted by atomic mass is 10.1. The minimum atomic E-state index is -0.415. The summed E-state index contributed by atoms with van der Waals surface area (Å²) in [5.74, 6) is 0.541. The molecule has 0 unspecified atom stereocenters. The third-order valence-electron chi connectivity index (χ3n) is 3.87. The highest BCUT2D eigenvalue weighted by molar-refractivity contribution is 5.93. The summed E-state index contributed by atoms with van der Waals surface area (Å²) in [6.07, 6.45) is 0. The van der Waals surface area contributed by atoms with Crippen molar-refractivity contribution in [1.82, 2.24) is 15.5 Å². The van der Waals surface area contributed by atoms with Gasteiger partial charge in [-0.25, -0.2) is 0 Å². The maximum atomic E-state index is 11.9. The predicted octanol–water partition coefficient (Wildman–Crippen LogP) is 2.16. The fourth-order valence-corrected chi connectivity index (χ4v) is 2.40. The second-order valence-electron chi connectivity index (χ2n) is 6.10. The molecule has 2 aromatic carbocycles. The minimum Gasteiger partial charge on any atom is -0.352 e. The molecular formula is C19H23N5O3. The highest BCUT2D eigenvalue weighted by atomic mass is 16.6. The maximum Gasteiger partial charge on any atom is 0.269 e. The van der Waals surface area contributed by atoms with Crippen LogP contribution in [0, 0.1) is 10.1 Å². The Morgan fingerprint density at radius 3 is 2.26 bits per heavy atom. The molecule has 0 radical (unpaired) electrons. The molecule has 142 valence electrons. The summed E-state index contributed by atoms with van der Waals surface area (Å²) < 4.78 is 0. The van der Waals surface area contributed by atoms with Crippen molar-refractivity contribution in [1.29, 1.82) is 0 Å². The predicted molar refractivity (Wildman–Crippen MR) is 105 cm³/mol. The molecule has 0 aliphatic heterocycles. The van der Waals surface area contributed by atoms with Crippen molar-refractivity contribution in [2.45, 2.75) is 13.1 Å². The highest BCUT2D eigenvalue weighted by Gasteiger charge is 2.08. The first kappa shape index (κ1) is 19.9. The number of nitrogens with one attached hydrogen (secondary N) is 2. The number of non-ortho nitro benzene ring substituents is 1. The van der Waals surface area contributed by atoms with Gasteiger partial charge in [-0.05, 0) is 23.3 Å². The Hall–Kier alpha value is -3.42. The molecule has 0 atom stereocenters. The average Bonchev–Trinajstić information content (AvgIpc) is 2.68. The van der Waals surface area contributed by atoms with Crippen LogP contribution in [-0.2, 0) is 13.1 Å². The van der Waals surface area contributed by atoms with Crippen molar-refractivity contribution >= 4 is 17.6 Å². The molecule has 2 N–H and O–H groups in total. The molecule has 0 saturated heterocycles. The topological polar surface area (TPSA) is 99.9 Å². The van der Waals surface area contributed by atoms with Crippen molar-refractivity contribution in [3.63, 3.8) is 0 Å². The van der Waals surface area contributed by atoms with Gasteiger partial charge in [0.05, 0.1) is 4.92 Å².